The summed E-state index contributed by atoms with van der Waals surface area (Å²) in [6, 6.07) is 5.18. The first-order chi connectivity index (χ1) is 16.6. The van der Waals surface area contributed by atoms with E-state index in [1.165, 1.54) is 7.11 Å². The van der Waals surface area contributed by atoms with Crippen molar-refractivity contribution < 1.29 is 23.8 Å². The molecular weight excluding hydrogens is 586 g/mol. The normalized spacial score (nSPS) is 12.0. The molecule has 1 amide bonds. The van der Waals surface area contributed by atoms with E-state index < -0.39 is 17.7 Å². The maximum absolute atomic E-state index is 13.3. The molecule has 12 heteroatoms. The second-order valence-corrected chi connectivity index (χ2v) is 10.9. The molecule has 0 bridgehead atoms. The number of hydrogen-bond acceptors (Lipinski definition) is 7. The lowest BCUT2D eigenvalue weighted by molar-refractivity contribution is 0.0523. The highest BCUT2D eigenvalue weighted by Crippen LogP contribution is 2.29. The lowest BCUT2D eigenvalue weighted by atomic mass is 10.1. The highest BCUT2D eigenvalue weighted by atomic mass is 127. The van der Waals surface area contributed by atoms with Gasteiger partial charge >= 0.3 is 12.1 Å². The Morgan fingerprint density at radius 2 is 1.94 bits per heavy atom. The van der Waals surface area contributed by atoms with E-state index in [-0.39, 0.29) is 5.56 Å². The molecule has 190 valence electrons. The van der Waals surface area contributed by atoms with Gasteiger partial charge in [0.2, 0.25) is 0 Å². The number of carbonyl (C=O) groups is 2. The Kier molecular flexibility index (Phi) is 9.48. The number of rotatable bonds is 10. The van der Waals surface area contributed by atoms with Crippen molar-refractivity contribution in [1.82, 2.24) is 19.4 Å². The number of carbonyl (C=O) groups excluding carboxylic acids is 2. The van der Waals surface area contributed by atoms with Crippen LogP contribution in [-0.4, -0.2) is 58.7 Å². The minimum atomic E-state index is -0.523. The van der Waals surface area contributed by atoms with Crippen molar-refractivity contribution in [2.45, 2.75) is 45.8 Å². The zero-order valence-corrected chi connectivity index (χ0v) is 23.4. The molecule has 0 fully saturated rings. The monoisotopic (exact) mass is 616 g/mol. The number of amides is 1. The van der Waals surface area contributed by atoms with Gasteiger partial charge in [0.15, 0.2) is 5.52 Å². The second-order valence-electron chi connectivity index (χ2n) is 8.85. The third-order valence-corrected chi connectivity index (χ3v) is 6.98. The molecule has 0 radical (unpaired) electrons. The van der Waals surface area contributed by atoms with E-state index in [0.29, 0.717) is 49.3 Å². The van der Waals surface area contributed by atoms with E-state index >= 15 is 0 Å². The molecule has 0 aliphatic heterocycles. The van der Waals surface area contributed by atoms with Gasteiger partial charge < -0.3 is 24.1 Å². The molecule has 3 rings (SSSR count). The van der Waals surface area contributed by atoms with Crippen LogP contribution in [0.25, 0.3) is 21.8 Å². The fourth-order valence-electron chi connectivity index (χ4n) is 3.55. The number of aromatic nitrogens is 3. The first kappa shape index (κ1) is 27.3. The summed E-state index contributed by atoms with van der Waals surface area (Å²) < 4.78 is 19.1. The third-order valence-electron chi connectivity index (χ3n) is 5.09. The summed E-state index contributed by atoms with van der Waals surface area (Å²) in [6.07, 6.45) is 3.27. The average molecular weight is 616 g/mol. The molecule has 35 heavy (non-hydrogen) atoms. The van der Waals surface area contributed by atoms with Crippen LogP contribution in [0.4, 0.5) is 4.79 Å². The molecule has 2 heterocycles. The number of methoxy groups -OCH3 is 1. The average Bonchev–Trinajstić information content (AvgIpc) is 3.25. The Bertz CT molecular complexity index is 1270. The molecule has 0 saturated heterocycles. The largest absolute Gasteiger partial charge is 0.465 e. The van der Waals surface area contributed by atoms with Crippen LogP contribution in [0, 0.1) is 0 Å². The van der Waals surface area contributed by atoms with Gasteiger partial charge in [-0.15, -0.1) is 0 Å². The number of nitrogens with zero attached hydrogens (tertiary/aromatic N) is 3. The van der Waals surface area contributed by atoms with Crippen LogP contribution >= 0.6 is 28.4 Å². The molecule has 10 nitrogen and oxygen atoms in total. The molecule has 2 aromatic heterocycles. The van der Waals surface area contributed by atoms with Crippen molar-refractivity contribution >= 4 is 62.3 Å². The smallest absolute Gasteiger partial charge is 0.407 e. The number of esters is 1. The lowest BCUT2D eigenvalue weighted by Gasteiger charge is -2.19. The fourth-order valence-corrected chi connectivity index (χ4v) is 4.61. The maximum Gasteiger partial charge on any atom is 0.407 e. The topological polar surface area (TPSA) is 114 Å². The second kappa shape index (κ2) is 12.1. The van der Waals surface area contributed by atoms with Crippen LogP contribution in [0.3, 0.4) is 0 Å². The van der Waals surface area contributed by atoms with Crippen LogP contribution in [0.15, 0.2) is 29.2 Å². The summed E-state index contributed by atoms with van der Waals surface area (Å²) in [5.41, 5.74) is 0.639. The van der Waals surface area contributed by atoms with Crippen molar-refractivity contribution in [2.75, 3.05) is 26.9 Å². The van der Waals surface area contributed by atoms with Crippen LogP contribution in [-0.2, 0) is 20.8 Å². The molecule has 0 aliphatic carbocycles. The fraction of sp³-hybridized carbons (Fsp3) is 0.478. The number of unbranched alkanes of at least 4 members (excludes halogenated alkanes) is 1. The first-order valence-corrected chi connectivity index (χ1v) is 15.3. The Morgan fingerprint density at radius 1 is 1.17 bits per heavy atom. The lowest BCUT2D eigenvalue weighted by Crippen LogP contribution is -2.33. The van der Waals surface area contributed by atoms with Crippen molar-refractivity contribution in [3.63, 3.8) is 0 Å². The van der Waals surface area contributed by atoms with Crippen LogP contribution in [0.1, 0.15) is 44.0 Å². The van der Waals surface area contributed by atoms with Crippen LogP contribution < -0.4 is 10.9 Å². The van der Waals surface area contributed by atoms with Crippen molar-refractivity contribution in [3.05, 3.63) is 40.3 Å². The predicted octanol–water partition coefficient (Wildman–Crippen LogP) is 4.25. The van der Waals surface area contributed by atoms with E-state index in [1.807, 2.05) is 33.0 Å². The van der Waals surface area contributed by atoms with E-state index in [0.717, 1.165) is 23.6 Å². The number of fused-ring (bicyclic) bond motifs is 3. The summed E-state index contributed by atoms with van der Waals surface area (Å²) in [4.78, 5) is 37.0. The van der Waals surface area contributed by atoms with E-state index in [2.05, 4.69) is 32.5 Å². The van der Waals surface area contributed by atoms with Gasteiger partial charge in [-0.2, -0.15) is 5.10 Å². The molecule has 1 atom stereocenters. The SMILES string of the molecule is COC(=O)c1ccc2c3cn(PI)nc3c(=O)n(CCOCCCCNC(=O)OC(C)(C)C)c2c1. The molecule has 3 aromatic rings. The minimum Gasteiger partial charge on any atom is -0.465 e. The van der Waals surface area contributed by atoms with Crippen molar-refractivity contribution in [1.29, 1.82) is 0 Å². The highest BCUT2D eigenvalue weighted by Gasteiger charge is 2.17. The Balaban J connectivity index is 1.65. The van der Waals surface area contributed by atoms with E-state index in [1.54, 1.807) is 21.2 Å². The predicted molar refractivity (Wildman–Crippen MR) is 145 cm³/mol. The quantitative estimate of drug-likeness (QED) is 0.157. The first-order valence-electron chi connectivity index (χ1n) is 11.2. The number of pyridine rings is 1. The molecule has 0 spiro atoms. The zero-order chi connectivity index (χ0) is 25.6. The Morgan fingerprint density at radius 3 is 2.63 bits per heavy atom. The summed E-state index contributed by atoms with van der Waals surface area (Å²) in [6.45, 7) is 7.07. The van der Waals surface area contributed by atoms with Gasteiger partial charge in [0.25, 0.3) is 5.56 Å². The van der Waals surface area contributed by atoms with Gasteiger partial charge in [0.05, 0.1) is 31.2 Å². The number of alkyl carbamates (subject to hydrolysis) is 1. The van der Waals surface area contributed by atoms with E-state index in [9.17, 15) is 14.4 Å². The Labute approximate surface area is 218 Å². The molecule has 0 saturated carbocycles. The van der Waals surface area contributed by atoms with Gasteiger partial charge in [0, 0.05) is 36.7 Å². The molecule has 1 unspecified atom stereocenters. The number of nitrogens with one attached hydrogen (secondary N) is 1. The number of benzene rings is 1. The summed E-state index contributed by atoms with van der Waals surface area (Å²) >= 11 is 2.21. The summed E-state index contributed by atoms with van der Waals surface area (Å²) in [7, 11) is 1.32. The highest BCUT2D eigenvalue weighted by molar-refractivity contribution is 14.2. The van der Waals surface area contributed by atoms with Gasteiger partial charge in [0.1, 0.15) is 5.60 Å². The van der Waals surface area contributed by atoms with Gasteiger partial charge in [-0.1, -0.05) is 6.07 Å². The van der Waals surface area contributed by atoms with Crippen LogP contribution in [0.5, 0.6) is 0 Å². The molecule has 1 aromatic carbocycles. The van der Waals surface area contributed by atoms with Crippen molar-refractivity contribution in [2.24, 2.45) is 0 Å². The minimum absolute atomic E-state index is 0.229. The van der Waals surface area contributed by atoms with Crippen LogP contribution in [0.2, 0.25) is 0 Å². The van der Waals surface area contributed by atoms with Gasteiger partial charge in [-0.3, -0.25) is 4.79 Å². The Hall–Kier alpha value is -2.24. The van der Waals surface area contributed by atoms with Gasteiger partial charge in [-0.05, 0) is 67.8 Å². The zero-order valence-electron chi connectivity index (χ0n) is 20.2. The number of halogens is 1. The maximum atomic E-state index is 13.3. The summed E-state index contributed by atoms with van der Waals surface area (Å²) in [5.74, 6) is -0.466. The number of hydrogen-bond donors (Lipinski definition) is 1. The number of ether oxygens (including phenoxy) is 3. The van der Waals surface area contributed by atoms with Gasteiger partial charge in [-0.25, -0.2) is 14.0 Å². The molecule has 1 N–H and O–H groups in total. The van der Waals surface area contributed by atoms with Crippen molar-refractivity contribution in [3.8, 4) is 0 Å². The molecular formula is C23H30IN4O6P. The van der Waals surface area contributed by atoms with E-state index in [4.69, 9.17) is 14.2 Å². The summed E-state index contributed by atoms with van der Waals surface area (Å²) in [5, 5.41) is 8.74. The third kappa shape index (κ3) is 7.14. The molecule has 0 aliphatic rings. The standard InChI is InChI=1S/C23H30IN4O6P/c1-23(2,3)34-22(31)25-9-5-6-11-33-12-10-27-18-13-15(21(30)32-4)7-8-16(18)17-14-28(35-24)26-19(17)20(27)29/h7-8,13-14,35H,5-6,9-12H2,1-4H3,(H,25,31).